The molecule has 0 spiro atoms. The maximum absolute atomic E-state index is 10.5. The van der Waals surface area contributed by atoms with Crippen molar-refractivity contribution in [1.29, 1.82) is 0 Å². The minimum atomic E-state index is -5.19. The summed E-state index contributed by atoms with van der Waals surface area (Å²) in [6.07, 6.45) is -4.87. The van der Waals surface area contributed by atoms with E-state index in [0.29, 0.717) is 0 Å². The van der Waals surface area contributed by atoms with Crippen molar-refractivity contribution < 1.29 is 66.2 Å². The summed E-state index contributed by atoms with van der Waals surface area (Å²) >= 11 is 0. The fraction of sp³-hybridized carbons (Fsp3) is 0.263. The Kier molecular flexibility index (Phi) is 17.1. The van der Waals surface area contributed by atoms with E-state index < -0.39 is 24.3 Å². The molecule has 0 amide bonds. The maximum Gasteiger partial charge on any atom is 3.00 e. The number of carboxylic acids is 2. The molecule has 0 N–H and O–H groups in total. The van der Waals surface area contributed by atoms with Crippen LogP contribution in [0.4, 0.5) is 26.3 Å². The third kappa shape index (κ3) is 16.0. The third-order valence-electron chi connectivity index (χ3n) is 6.65. The molecule has 4 heterocycles. The van der Waals surface area contributed by atoms with Gasteiger partial charge in [0, 0.05) is 24.3 Å². The molecule has 0 saturated heterocycles. The second-order valence-electron chi connectivity index (χ2n) is 12.8. The first-order valence-electron chi connectivity index (χ1n) is 15.4. The number of carbonyl (C=O) groups is 2. The van der Waals surface area contributed by atoms with Gasteiger partial charge in [0.2, 0.25) is 0 Å². The van der Waals surface area contributed by atoms with E-state index in [9.17, 15) is 26.3 Å². The summed E-state index contributed by atoms with van der Waals surface area (Å²) in [5.74, 6) is -6.01. The molecule has 0 radical (unpaired) electrons. The predicted molar refractivity (Wildman–Crippen MR) is 179 cm³/mol. The van der Waals surface area contributed by atoms with Crippen molar-refractivity contribution >= 4 is 11.9 Å². The minimum Gasteiger partial charge on any atom is -0.542 e. The van der Waals surface area contributed by atoms with Gasteiger partial charge in [0.25, 0.3) is 0 Å². The van der Waals surface area contributed by atoms with Gasteiger partial charge >= 0.3 is 32.5 Å². The monoisotopic (exact) mass is 918 g/mol. The van der Waals surface area contributed by atoms with E-state index in [0.717, 1.165) is 34.0 Å². The Balaban J connectivity index is 0.000000389. The molecule has 8 nitrogen and oxygen atoms in total. The van der Waals surface area contributed by atoms with Gasteiger partial charge in [-0.05, 0) is 69.2 Å². The molecule has 0 saturated carbocycles. The first kappa shape index (κ1) is 46.0. The molecule has 0 unspecified atom stereocenters. The number of pyridine rings is 4. The average Bonchev–Trinajstić information content (AvgIpc) is 3.08. The molecule has 0 aliphatic carbocycles. The molecule has 0 aliphatic rings. The number of hydrogen-bond acceptors (Lipinski definition) is 8. The van der Waals surface area contributed by atoms with Gasteiger partial charge in [-0.2, -0.15) is 38.5 Å². The molecule has 0 fully saturated rings. The second kappa shape index (κ2) is 19.7. The smallest absolute Gasteiger partial charge is 0.542 e. The van der Waals surface area contributed by atoms with Crippen molar-refractivity contribution in [3.05, 3.63) is 121 Å². The molecule has 53 heavy (non-hydrogen) atoms. The molecule has 282 valence electrons. The van der Waals surface area contributed by atoms with E-state index in [4.69, 9.17) is 19.8 Å². The Morgan fingerprint density at radius 2 is 0.981 bits per heavy atom. The number of aromatic nitrogens is 4. The van der Waals surface area contributed by atoms with Crippen molar-refractivity contribution in [2.24, 2.45) is 0 Å². The normalized spacial score (nSPS) is 11.2. The van der Waals surface area contributed by atoms with Crippen LogP contribution in [0.1, 0.15) is 52.7 Å². The van der Waals surface area contributed by atoms with E-state index in [1.165, 1.54) is 11.1 Å². The van der Waals surface area contributed by atoms with E-state index in [1.807, 2.05) is 73.1 Å². The fourth-order valence-electron chi connectivity index (χ4n) is 3.87. The zero-order valence-corrected chi connectivity index (χ0v) is 31.7. The van der Waals surface area contributed by atoms with Crippen LogP contribution in [0.5, 0.6) is 0 Å². The van der Waals surface area contributed by atoms with Crippen molar-refractivity contribution in [2.45, 2.75) is 64.7 Å². The summed E-state index contributed by atoms with van der Waals surface area (Å²) < 4.78 is 63.1. The van der Waals surface area contributed by atoms with Crippen molar-refractivity contribution in [3.63, 3.8) is 0 Å². The van der Waals surface area contributed by atoms with Crippen LogP contribution in [0, 0.1) is 6.07 Å². The van der Waals surface area contributed by atoms with Crippen LogP contribution >= 0.6 is 0 Å². The Bertz CT molecular complexity index is 1760. The van der Waals surface area contributed by atoms with Gasteiger partial charge in [-0.25, -0.2) is 0 Å². The number of halogens is 6. The van der Waals surface area contributed by atoms with Crippen molar-refractivity contribution in [1.82, 2.24) is 19.9 Å². The van der Waals surface area contributed by atoms with Crippen molar-refractivity contribution in [2.75, 3.05) is 0 Å². The number of benzene rings is 1. The van der Waals surface area contributed by atoms with E-state index in [1.54, 1.807) is 6.20 Å². The number of carbonyl (C=O) groups excluding carboxylic acids is 2. The Hall–Kier alpha value is -5.01. The molecule has 5 aromatic rings. The zero-order chi connectivity index (χ0) is 39.3. The first-order valence-corrected chi connectivity index (χ1v) is 15.4. The van der Waals surface area contributed by atoms with Gasteiger partial charge in [-0.1, -0.05) is 84.0 Å². The standard InChI is InChI=1S/C18H24N2.C16H11N2.2C2HF3O2.Ir/c1-17(2,3)13-7-9-19-15(11-13)16-12-14(8-10-20-16)18(4,5)6;1-2-7-13(8-3-1)14-10-6-11-16(18-14)15-9-4-5-12-17-15;2*3-2(4,5)1(6)7;/h7-12H,1-6H3;1-10,12H;2*(H,6,7);/q;-1;;;+3/p-2. The summed E-state index contributed by atoms with van der Waals surface area (Å²) in [5.41, 5.74) is 8.37. The van der Waals surface area contributed by atoms with E-state index in [-0.39, 0.29) is 30.9 Å². The zero-order valence-electron chi connectivity index (χ0n) is 29.3. The van der Waals surface area contributed by atoms with Crippen LogP contribution < -0.4 is 10.2 Å². The molecule has 15 heteroatoms. The molecule has 5 rings (SSSR count). The van der Waals surface area contributed by atoms with Crippen LogP contribution in [-0.4, -0.2) is 44.2 Å². The Morgan fingerprint density at radius 3 is 1.36 bits per heavy atom. The third-order valence-corrected chi connectivity index (χ3v) is 6.65. The van der Waals surface area contributed by atoms with E-state index >= 15 is 0 Å². The Labute approximate surface area is 316 Å². The van der Waals surface area contributed by atoms with Gasteiger partial charge < -0.3 is 24.8 Å². The van der Waals surface area contributed by atoms with E-state index in [2.05, 4.69) is 91.8 Å². The molecule has 0 bridgehead atoms. The quantitative estimate of drug-likeness (QED) is 0.141. The summed E-state index contributed by atoms with van der Waals surface area (Å²) in [5, 5.41) is 17.6. The van der Waals surface area contributed by atoms with Crippen molar-refractivity contribution in [3.8, 4) is 34.0 Å². The molecular weight excluding hydrogens is 883 g/mol. The number of aliphatic carboxylic acids is 2. The second-order valence-corrected chi connectivity index (χ2v) is 12.8. The largest absolute Gasteiger partial charge is 3.00 e. The van der Waals surface area contributed by atoms with Crippen LogP contribution in [0.15, 0.2) is 104 Å². The molecule has 4 aromatic heterocycles. The fourth-order valence-corrected chi connectivity index (χ4v) is 3.87. The number of hydrogen-bond donors (Lipinski definition) is 0. The minimum absolute atomic E-state index is 0. The predicted octanol–water partition coefficient (Wildman–Crippen LogP) is 6.94. The van der Waals surface area contributed by atoms with Gasteiger partial charge in [-0.15, -0.1) is 6.07 Å². The SMILES string of the molecule is CC(C)(C)c1ccnc(-c2cc(C(C)(C)C)ccn2)c1.O=C([O-])C(F)(F)F.O=C([O-])C(F)(F)F.[Ir+3].[c-]1ccc(-c2ccccc2)nc1-c1ccccn1. The first-order chi connectivity index (χ1) is 24.0. The van der Waals surface area contributed by atoms with Gasteiger partial charge in [0.05, 0.1) is 11.4 Å². The number of alkyl halides is 6. The average molecular weight is 918 g/mol. The van der Waals surface area contributed by atoms with Crippen LogP contribution in [-0.2, 0) is 40.5 Å². The summed E-state index contributed by atoms with van der Waals surface area (Å²) in [6.45, 7) is 13.3. The molecule has 0 atom stereocenters. The van der Waals surface area contributed by atoms with Gasteiger partial charge in [-0.3, -0.25) is 15.0 Å². The molecule has 0 aliphatic heterocycles. The van der Waals surface area contributed by atoms with Crippen LogP contribution in [0.2, 0.25) is 0 Å². The molecular formula is C38H35F6IrN4O4. The van der Waals surface area contributed by atoms with Crippen LogP contribution in [0.25, 0.3) is 34.0 Å². The van der Waals surface area contributed by atoms with Gasteiger partial charge in [0.15, 0.2) is 0 Å². The maximum atomic E-state index is 10.5. The number of rotatable bonds is 3. The van der Waals surface area contributed by atoms with Crippen LogP contribution in [0.3, 0.4) is 0 Å². The van der Waals surface area contributed by atoms with Gasteiger partial charge in [0.1, 0.15) is 11.9 Å². The summed E-state index contributed by atoms with van der Waals surface area (Å²) in [4.78, 5) is 35.4. The number of nitrogens with zero attached hydrogens (tertiary/aromatic N) is 4. The Morgan fingerprint density at radius 1 is 0.566 bits per heavy atom. The summed E-state index contributed by atoms with van der Waals surface area (Å²) in [6, 6.07) is 31.3. The summed E-state index contributed by atoms with van der Waals surface area (Å²) in [7, 11) is 0. The number of carboxylic acid groups (broad SMARTS) is 2. The topological polar surface area (TPSA) is 132 Å². The molecule has 1 aromatic carbocycles.